The predicted molar refractivity (Wildman–Crippen MR) is 60.3 cm³/mol. The number of carbonyl (C=O) groups is 1. The van der Waals surface area contributed by atoms with Crippen molar-refractivity contribution in [2.75, 3.05) is 32.8 Å². The van der Waals surface area contributed by atoms with Crippen LogP contribution in [0, 0.1) is 11.8 Å². The highest BCUT2D eigenvalue weighted by Gasteiger charge is 2.32. The topological polar surface area (TPSA) is 49.8 Å². The molecular weight excluding hydrogens is 206 g/mol. The maximum Gasteiger partial charge on any atom is 0.308 e. The van der Waals surface area contributed by atoms with Crippen molar-refractivity contribution in [3.05, 3.63) is 0 Å². The second-order valence-electron chi connectivity index (χ2n) is 4.93. The van der Waals surface area contributed by atoms with Crippen molar-refractivity contribution in [1.82, 2.24) is 4.90 Å². The lowest BCUT2D eigenvalue weighted by Crippen LogP contribution is -2.40. The number of rotatable bonds is 4. The van der Waals surface area contributed by atoms with E-state index >= 15 is 0 Å². The van der Waals surface area contributed by atoms with Crippen LogP contribution in [-0.2, 0) is 9.53 Å². The number of hydrogen-bond acceptors (Lipinski definition) is 3. The number of aliphatic carboxylic acids is 1. The third-order valence-corrected chi connectivity index (χ3v) is 3.75. The lowest BCUT2D eigenvalue weighted by atomic mass is 9.90. The molecule has 0 radical (unpaired) electrons. The molecule has 0 aliphatic carbocycles. The van der Waals surface area contributed by atoms with E-state index in [2.05, 4.69) is 4.90 Å². The zero-order valence-corrected chi connectivity index (χ0v) is 9.73. The van der Waals surface area contributed by atoms with Crippen molar-refractivity contribution in [2.45, 2.75) is 25.7 Å². The van der Waals surface area contributed by atoms with Gasteiger partial charge in [0.15, 0.2) is 0 Å². The summed E-state index contributed by atoms with van der Waals surface area (Å²) in [7, 11) is 0. The molecule has 0 saturated carbocycles. The zero-order valence-electron chi connectivity index (χ0n) is 9.73. The minimum Gasteiger partial charge on any atom is -0.481 e. The third-order valence-electron chi connectivity index (χ3n) is 3.75. The monoisotopic (exact) mass is 227 g/mol. The molecule has 0 aromatic carbocycles. The number of carboxylic acids is 1. The van der Waals surface area contributed by atoms with Gasteiger partial charge in [-0.05, 0) is 38.3 Å². The van der Waals surface area contributed by atoms with Gasteiger partial charge in [0.05, 0.1) is 12.5 Å². The van der Waals surface area contributed by atoms with E-state index in [-0.39, 0.29) is 11.8 Å². The Labute approximate surface area is 96.6 Å². The fourth-order valence-electron chi connectivity index (χ4n) is 2.72. The highest BCUT2D eigenvalue weighted by Crippen LogP contribution is 2.24. The lowest BCUT2D eigenvalue weighted by molar-refractivity contribution is -0.144. The summed E-state index contributed by atoms with van der Waals surface area (Å²) in [5, 5.41) is 9.28. The molecule has 0 aromatic heterocycles. The van der Waals surface area contributed by atoms with Crippen molar-refractivity contribution in [2.24, 2.45) is 11.8 Å². The molecule has 0 bridgehead atoms. The molecule has 16 heavy (non-hydrogen) atoms. The van der Waals surface area contributed by atoms with Crippen molar-refractivity contribution < 1.29 is 14.6 Å². The molecule has 92 valence electrons. The fraction of sp³-hybridized carbons (Fsp3) is 0.917. The molecule has 2 fully saturated rings. The van der Waals surface area contributed by atoms with E-state index in [1.165, 1.54) is 19.3 Å². The van der Waals surface area contributed by atoms with Gasteiger partial charge in [-0.25, -0.2) is 0 Å². The molecule has 2 heterocycles. The van der Waals surface area contributed by atoms with Crippen molar-refractivity contribution in [3.8, 4) is 0 Å². The van der Waals surface area contributed by atoms with Crippen LogP contribution in [0.2, 0.25) is 0 Å². The summed E-state index contributed by atoms with van der Waals surface area (Å²) in [4.78, 5) is 13.6. The number of nitrogens with zero attached hydrogens (tertiary/aromatic N) is 1. The van der Waals surface area contributed by atoms with Crippen LogP contribution in [-0.4, -0.2) is 48.8 Å². The first kappa shape index (κ1) is 11.9. The first-order valence-electron chi connectivity index (χ1n) is 6.30. The van der Waals surface area contributed by atoms with E-state index in [0.29, 0.717) is 13.2 Å². The minimum absolute atomic E-state index is 0.222. The molecule has 0 amide bonds. The maximum absolute atomic E-state index is 11.3. The second kappa shape index (κ2) is 5.64. The van der Waals surface area contributed by atoms with E-state index in [1.807, 2.05) is 0 Å². The van der Waals surface area contributed by atoms with Gasteiger partial charge in [0, 0.05) is 13.2 Å². The van der Waals surface area contributed by atoms with Gasteiger partial charge in [-0.2, -0.15) is 0 Å². The van der Waals surface area contributed by atoms with Crippen molar-refractivity contribution >= 4 is 5.97 Å². The van der Waals surface area contributed by atoms with Crippen molar-refractivity contribution in [1.29, 1.82) is 0 Å². The Morgan fingerprint density at radius 1 is 1.38 bits per heavy atom. The van der Waals surface area contributed by atoms with Gasteiger partial charge in [0.2, 0.25) is 0 Å². The highest BCUT2D eigenvalue weighted by molar-refractivity contribution is 5.70. The largest absolute Gasteiger partial charge is 0.481 e. The summed E-state index contributed by atoms with van der Waals surface area (Å²) >= 11 is 0. The Morgan fingerprint density at radius 2 is 2.12 bits per heavy atom. The van der Waals surface area contributed by atoms with Crippen molar-refractivity contribution in [3.63, 3.8) is 0 Å². The Morgan fingerprint density at radius 3 is 2.69 bits per heavy atom. The van der Waals surface area contributed by atoms with Gasteiger partial charge in [0.25, 0.3) is 0 Å². The number of carboxylic acid groups (broad SMARTS) is 1. The molecule has 2 rings (SSSR count). The van der Waals surface area contributed by atoms with Gasteiger partial charge in [-0.3, -0.25) is 4.79 Å². The molecule has 4 heteroatoms. The first-order chi connectivity index (χ1) is 7.77. The third kappa shape index (κ3) is 2.95. The zero-order chi connectivity index (χ0) is 11.4. The fourth-order valence-corrected chi connectivity index (χ4v) is 2.72. The molecule has 4 nitrogen and oxygen atoms in total. The molecular formula is C12H21NO3. The quantitative estimate of drug-likeness (QED) is 0.784. The van der Waals surface area contributed by atoms with Crippen LogP contribution in [0.3, 0.4) is 0 Å². The van der Waals surface area contributed by atoms with Gasteiger partial charge in [-0.1, -0.05) is 6.42 Å². The van der Waals surface area contributed by atoms with E-state index < -0.39 is 5.97 Å². The normalized spacial score (nSPS) is 29.1. The smallest absolute Gasteiger partial charge is 0.308 e. The average molecular weight is 227 g/mol. The summed E-state index contributed by atoms with van der Waals surface area (Å²) in [6.45, 7) is 4.21. The average Bonchev–Trinajstić information content (AvgIpc) is 2.80. The second-order valence-corrected chi connectivity index (χ2v) is 4.93. The molecule has 2 unspecified atom stereocenters. The Bertz CT molecular complexity index is 232. The Balaban J connectivity index is 1.88. The SMILES string of the molecule is O=C(O)C(CN1CCCCC1)C1CCOC1. The van der Waals surface area contributed by atoms with E-state index in [1.54, 1.807) is 0 Å². The van der Waals surface area contributed by atoms with Gasteiger partial charge in [0.1, 0.15) is 0 Å². The van der Waals surface area contributed by atoms with E-state index in [0.717, 1.165) is 26.1 Å². The van der Waals surface area contributed by atoms with Crippen LogP contribution in [0.4, 0.5) is 0 Å². The van der Waals surface area contributed by atoms with Gasteiger partial charge < -0.3 is 14.7 Å². The molecule has 2 aliphatic rings. The molecule has 2 atom stereocenters. The summed E-state index contributed by atoms with van der Waals surface area (Å²) in [5.41, 5.74) is 0. The van der Waals surface area contributed by atoms with Crippen LogP contribution in [0.5, 0.6) is 0 Å². The number of ether oxygens (including phenoxy) is 1. The summed E-state index contributed by atoms with van der Waals surface area (Å²) in [6.07, 6.45) is 4.63. The molecule has 2 saturated heterocycles. The van der Waals surface area contributed by atoms with Crippen LogP contribution in [0.25, 0.3) is 0 Å². The first-order valence-corrected chi connectivity index (χ1v) is 6.30. The Hall–Kier alpha value is -0.610. The van der Waals surface area contributed by atoms with E-state index in [4.69, 9.17) is 4.74 Å². The number of likely N-dealkylation sites (tertiary alicyclic amines) is 1. The number of piperidine rings is 1. The van der Waals surface area contributed by atoms with Crippen LogP contribution >= 0.6 is 0 Å². The van der Waals surface area contributed by atoms with Crippen LogP contribution in [0.1, 0.15) is 25.7 Å². The van der Waals surface area contributed by atoms with Crippen LogP contribution < -0.4 is 0 Å². The van der Waals surface area contributed by atoms with E-state index in [9.17, 15) is 9.90 Å². The number of hydrogen-bond donors (Lipinski definition) is 1. The highest BCUT2D eigenvalue weighted by atomic mass is 16.5. The maximum atomic E-state index is 11.3. The predicted octanol–water partition coefficient (Wildman–Crippen LogP) is 1.21. The van der Waals surface area contributed by atoms with Gasteiger partial charge >= 0.3 is 5.97 Å². The molecule has 1 N–H and O–H groups in total. The summed E-state index contributed by atoms with van der Waals surface area (Å²) < 4.78 is 5.30. The standard InChI is InChI=1S/C12H21NO3/c14-12(15)11(10-4-7-16-9-10)8-13-5-2-1-3-6-13/h10-11H,1-9H2,(H,14,15). The Kier molecular flexibility index (Phi) is 4.18. The summed E-state index contributed by atoms with van der Waals surface area (Å²) in [5.74, 6) is -0.666. The van der Waals surface area contributed by atoms with Crippen LogP contribution in [0.15, 0.2) is 0 Å². The lowest BCUT2D eigenvalue weighted by Gasteiger charge is -2.30. The summed E-state index contributed by atoms with van der Waals surface area (Å²) in [6, 6.07) is 0. The van der Waals surface area contributed by atoms with Gasteiger partial charge in [-0.15, -0.1) is 0 Å². The molecule has 0 spiro atoms. The minimum atomic E-state index is -0.652. The molecule has 0 aromatic rings. The molecule has 2 aliphatic heterocycles.